The fraction of sp³-hybridized carbons (Fsp3) is 0.393. The van der Waals surface area contributed by atoms with Crippen LogP contribution in [0.2, 0.25) is 0 Å². The molecule has 0 aliphatic carbocycles. The highest BCUT2D eigenvalue weighted by Gasteiger charge is 2.49. The molecule has 4 aromatic rings. The predicted octanol–water partition coefficient (Wildman–Crippen LogP) is 5.37. The summed E-state index contributed by atoms with van der Waals surface area (Å²) in [6.45, 7) is 2.78. The van der Waals surface area contributed by atoms with E-state index in [9.17, 15) is 4.39 Å². The number of anilines is 1. The molecule has 37 heavy (non-hydrogen) atoms. The minimum atomic E-state index is -0.856. The van der Waals surface area contributed by atoms with Gasteiger partial charge in [-0.05, 0) is 30.2 Å². The second-order valence-electron chi connectivity index (χ2n) is 10.4. The van der Waals surface area contributed by atoms with E-state index in [1.807, 2.05) is 47.4 Å². The molecule has 0 unspecified atom stereocenters. The minimum absolute atomic E-state index is 0.00746. The SMILES string of the molecule is Fc1c(-c2cccc3ccccc23)ncc2c(N3CC(Cl)C3)nc(OC[C@@]34CCCN3C[C@H](F)C4)nc12. The van der Waals surface area contributed by atoms with Gasteiger partial charge in [-0.15, -0.1) is 11.6 Å². The van der Waals surface area contributed by atoms with Gasteiger partial charge in [0.2, 0.25) is 0 Å². The van der Waals surface area contributed by atoms with Crippen LogP contribution in [0.3, 0.4) is 0 Å². The summed E-state index contributed by atoms with van der Waals surface area (Å²) in [5, 5.41) is 2.44. The Morgan fingerprint density at radius 2 is 1.89 bits per heavy atom. The lowest BCUT2D eigenvalue weighted by atomic mass is 9.95. The van der Waals surface area contributed by atoms with E-state index in [0.717, 1.165) is 30.2 Å². The zero-order chi connectivity index (χ0) is 25.1. The Balaban J connectivity index is 1.32. The molecule has 0 radical (unpaired) electrons. The van der Waals surface area contributed by atoms with Crippen molar-refractivity contribution in [2.24, 2.45) is 0 Å². The van der Waals surface area contributed by atoms with Crippen LogP contribution in [0.1, 0.15) is 19.3 Å². The van der Waals surface area contributed by atoms with Crippen molar-refractivity contribution in [3.63, 3.8) is 0 Å². The van der Waals surface area contributed by atoms with Gasteiger partial charge in [0.05, 0.1) is 16.3 Å². The molecular formula is C28H26ClF2N5O. The molecule has 0 amide bonds. The van der Waals surface area contributed by atoms with Gasteiger partial charge in [0.15, 0.2) is 5.82 Å². The molecule has 0 N–H and O–H groups in total. The lowest BCUT2D eigenvalue weighted by Gasteiger charge is -2.37. The average Bonchev–Trinajstić information content (AvgIpc) is 3.41. The maximum atomic E-state index is 16.2. The summed E-state index contributed by atoms with van der Waals surface area (Å²) < 4.78 is 36.6. The van der Waals surface area contributed by atoms with Crippen molar-refractivity contribution < 1.29 is 13.5 Å². The first-order valence-corrected chi connectivity index (χ1v) is 13.2. The van der Waals surface area contributed by atoms with Crippen LogP contribution in [0.4, 0.5) is 14.6 Å². The third-order valence-electron chi connectivity index (χ3n) is 8.06. The van der Waals surface area contributed by atoms with Gasteiger partial charge < -0.3 is 9.64 Å². The molecule has 3 aliphatic heterocycles. The van der Waals surface area contributed by atoms with Crippen molar-refractivity contribution in [1.29, 1.82) is 0 Å². The lowest BCUT2D eigenvalue weighted by Crippen LogP contribution is -2.48. The Morgan fingerprint density at radius 3 is 2.76 bits per heavy atom. The Morgan fingerprint density at radius 1 is 1.05 bits per heavy atom. The van der Waals surface area contributed by atoms with Crippen LogP contribution >= 0.6 is 11.6 Å². The number of rotatable bonds is 5. The van der Waals surface area contributed by atoms with Crippen LogP contribution < -0.4 is 9.64 Å². The number of ether oxygens (including phenoxy) is 1. The Labute approximate surface area is 218 Å². The third-order valence-corrected chi connectivity index (χ3v) is 8.33. The molecule has 0 spiro atoms. The summed E-state index contributed by atoms with van der Waals surface area (Å²) in [5.41, 5.74) is 0.744. The molecule has 2 atom stereocenters. The predicted molar refractivity (Wildman–Crippen MR) is 141 cm³/mol. The molecule has 0 bridgehead atoms. The Bertz CT molecular complexity index is 1510. The molecule has 3 aliphatic rings. The van der Waals surface area contributed by atoms with E-state index in [1.165, 1.54) is 0 Å². The largest absolute Gasteiger partial charge is 0.461 e. The normalized spacial score (nSPS) is 24.1. The van der Waals surface area contributed by atoms with Crippen LogP contribution in [0, 0.1) is 5.82 Å². The molecule has 9 heteroatoms. The number of halogens is 3. The standard InChI is InChI=1S/C28H26ClF2N5O/c29-18-13-35(14-18)26-22-12-32-24(21-8-3-6-17-5-1-2-7-20(17)21)23(31)25(22)33-27(34-26)37-16-28-9-4-10-36(28)15-19(30)11-28/h1-3,5-8,12,18-19H,4,9-11,13-16H2/t19-,28+/m1/s1. The number of nitrogens with zero attached hydrogens (tertiary/aromatic N) is 5. The van der Waals surface area contributed by atoms with Crippen LogP contribution in [0.15, 0.2) is 48.7 Å². The smallest absolute Gasteiger partial charge is 0.319 e. The van der Waals surface area contributed by atoms with Gasteiger partial charge in [-0.3, -0.25) is 9.88 Å². The second kappa shape index (κ2) is 8.74. The average molecular weight is 522 g/mol. The number of fused-ring (bicyclic) bond motifs is 3. The van der Waals surface area contributed by atoms with Crippen LogP contribution in [0.5, 0.6) is 6.01 Å². The summed E-state index contributed by atoms with van der Waals surface area (Å²) in [7, 11) is 0. The molecule has 6 nitrogen and oxygen atoms in total. The van der Waals surface area contributed by atoms with Crippen LogP contribution in [-0.2, 0) is 0 Å². The highest BCUT2D eigenvalue weighted by Crippen LogP contribution is 2.41. The quantitative estimate of drug-likeness (QED) is 0.329. The molecule has 2 aromatic carbocycles. The van der Waals surface area contributed by atoms with Crippen LogP contribution in [0.25, 0.3) is 32.9 Å². The summed E-state index contributed by atoms with van der Waals surface area (Å²) in [6.07, 6.45) is 3.11. The molecular weight excluding hydrogens is 496 g/mol. The zero-order valence-corrected chi connectivity index (χ0v) is 21.0. The van der Waals surface area contributed by atoms with E-state index in [1.54, 1.807) is 6.20 Å². The number of alkyl halides is 2. The first-order valence-electron chi connectivity index (χ1n) is 12.8. The number of hydrogen-bond acceptors (Lipinski definition) is 6. The fourth-order valence-electron chi connectivity index (χ4n) is 6.19. The van der Waals surface area contributed by atoms with Gasteiger partial charge in [-0.2, -0.15) is 9.97 Å². The van der Waals surface area contributed by atoms with Gasteiger partial charge in [-0.1, -0.05) is 42.5 Å². The summed E-state index contributed by atoms with van der Waals surface area (Å²) in [6, 6.07) is 13.7. The van der Waals surface area contributed by atoms with Crippen molar-refractivity contribution in [3.8, 4) is 17.3 Å². The van der Waals surface area contributed by atoms with Crippen molar-refractivity contribution in [2.45, 2.75) is 36.4 Å². The molecule has 7 rings (SSSR count). The second-order valence-corrected chi connectivity index (χ2v) is 11.0. The highest BCUT2D eigenvalue weighted by molar-refractivity contribution is 6.22. The van der Waals surface area contributed by atoms with Gasteiger partial charge in [0.25, 0.3) is 0 Å². The van der Waals surface area contributed by atoms with E-state index in [4.69, 9.17) is 16.3 Å². The molecule has 0 saturated carbocycles. The molecule has 3 fully saturated rings. The maximum Gasteiger partial charge on any atom is 0.319 e. The van der Waals surface area contributed by atoms with Gasteiger partial charge in [-0.25, -0.2) is 8.78 Å². The zero-order valence-electron chi connectivity index (χ0n) is 20.2. The van der Waals surface area contributed by atoms with Gasteiger partial charge in [0, 0.05) is 37.8 Å². The molecule has 3 saturated heterocycles. The summed E-state index contributed by atoms with van der Waals surface area (Å²) >= 11 is 6.25. The summed E-state index contributed by atoms with van der Waals surface area (Å²) in [5.74, 6) is 0.0407. The first kappa shape index (κ1) is 23.0. The minimum Gasteiger partial charge on any atom is -0.461 e. The molecule has 5 heterocycles. The van der Waals surface area contributed by atoms with Crippen LogP contribution in [-0.4, -0.2) is 69.7 Å². The van der Waals surface area contributed by atoms with Crippen molar-refractivity contribution in [1.82, 2.24) is 19.9 Å². The van der Waals surface area contributed by atoms with E-state index >= 15 is 4.39 Å². The monoisotopic (exact) mass is 521 g/mol. The van der Waals surface area contributed by atoms with E-state index in [-0.39, 0.29) is 34.7 Å². The van der Waals surface area contributed by atoms with E-state index in [2.05, 4.69) is 19.9 Å². The van der Waals surface area contributed by atoms with E-state index < -0.39 is 12.0 Å². The highest BCUT2D eigenvalue weighted by atomic mass is 35.5. The number of pyridine rings is 1. The van der Waals surface area contributed by atoms with Crippen molar-refractivity contribution >= 4 is 39.1 Å². The Hall–Kier alpha value is -3.10. The topological polar surface area (TPSA) is 54.4 Å². The third kappa shape index (κ3) is 3.80. The fourth-order valence-corrected chi connectivity index (χ4v) is 6.53. The number of aromatic nitrogens is 3. The molecule has 190 valence electrons. The van der Waals surface area contributed by atoms with Crippen molar-refractivity contribution in [2.75, 3.05) is 37.7 Å². The Kier molecular flexibility index (Phi) is 5.44. The summed E-state index contributed by atoms with van der Waals surface area (Å²) in [4.78, 5) is 17.9. The maximum absolute atomic E-state index is 16.2. The first-order chi connectivity index (χ1) is 18.0. The van der Waals surface area contributed by atoms with Gasteiger partial charge >= 0.3 is 6.01 Å². The number of benzene rings is 2. The van der Waals surface area contributed by atoms with Gasteiger partial charge in [0.1, 0.15) is 29.8 Å². The number of hydrogen-bond donors (Lipinski definition) is 0. The lowest BCUT2D eigenvalue weighted by molar-refractivity contribution is 0.107. The molecule has 2 aromatic heterocycles. The van der Waals surface area contributed by atoms with Crippen molar-refractivity contribution in [3.05, 3.63) is 54.5 Å². The van der Waals surface area contributed by atoms with E-state index in [0.29, 0.717) is 42.8 Å².